The van der Waals surface area contributed by atoms with E-state index < -0.39 is 17.2 Å². The van der Waals surface area contributed by atoms with Crippen LogP contribution in [-0.4, -0.2) is 34.9 Å². The van der Waals surface area contributed by atoms with Gasteiger partial charge < -0.3 is 15.4 Å². The molecule has 1 aliphatic rings. The third-order valence-corrected chi connectivity index (χ3v) is 6.96. The molecule has 0 radical (unpaired) electrons. The number of aryl methyl sites for hydroxylation is 2. The Morgan fingerprint density at radius 2 is 1.82 bits per heavy atom. The van der Waals surface area contributed by atoms with Crippen LogP contribution in [0.15, 0.2) is 54.7 Å². The highest BCUT2D eigenvalue weighted by Crippen LogP contribution is 2.36. The summed E-state index contributed by atoms with van der Waals surface area (Å²) in [6, 6.07) is 12.1. The predicted octanol–water partition coefficient (Wildman–Crippen LogP) is 5.93. The fourth-order valence-corrected chi connectivity index (χ4v) is 4.75. The molecular formula is C29H31F3N4O3. The first kappa shape index (κ1) is 28.2. The summed E-state index contributed by atoms with van der Waals surface area (Å²) in [7, 11) is 0. The minimum atomic E-state index is -4.46. The number of para-hydroxylation sites is 1. The highest BCUT2D eigenvalue weighted by molar-refractivity contribution is 5.96. The van der Waals surface area contributed by atoms with E-state index >= 15 is 0 Å². The molecule has 2 heterocycles. The van der Waals surface area contributed by atoms with Crippen molar-refractivity contribution in [1.82, 2.24) is 15.3 Å². The standard InChI is InChI=1S/C29H31F3N4O3/c1-19-23(17-33-20(2)35-19)26(37)8-5-13-28(14-15-39-18-28)27(38)34-16-21-9-11-22(12-10-21)36-25-7-4-3-6-24(25)29(30,31)32/h3-4,6-7,9-12,17,36H,5,8,13-16,18H2,1-2H3,(H,34,38)/t28-/m1/s1. The van der Waals surface area contributed by atoms with E-state index in [2.05, 4.69) is 20.6 Å². The summed E-state index contributed by atoms with van der Waals surface area (Å²) >= 11 is 0. The molecule has 0 spiro atoms. The molecule has 0 bridgehead atoms. The molecular weight excluding hydrogens is 509 g/mol. The van der Waals surface area contributed by atoms with Gasteiger partial charge in [-0.2, -0.15) is 13.2 Å². The Kier molecular flexibility index (Phi) is 8.64. The summed E-state index contributed by atoms with van der Waals surface area (Å²) in [6.07, 6.45) is -1.01. The van der Waals surface area contributed by atoms with E-state index in [1.54, 1.807) is 44.3 Å². The van der Waals surface area contributed by atoms with Crippen molar-refractivity contribution in [3.63, 3.8) is 0 Å². The van der Waals surface area contributed by atoms with Gasteiger partial charge in [0.2, 0.25) is 5.91 Å². The van der Waals surface area contributed by atoms with Gasteiger partial charge in [-0.15, -0.1) is 0 Å². The molecule has 39 heavy (non-hydrogen) atoms. The predicted molar refractivity (Wildman–Crippen MR) is 141 cm³/mol. The fraction of sp³-hybridized carbons (Fsp3) is 0.379. The minimum Gasteiger partial charge on any atom is -0.380 e. The summed E-state index contributed by atoms with van der Waals surface area (Å²) < 4.78 is 45.4. The number of carbonyl (C=O) groups is 2. The van der Waals surface area contributed by atoms with Crippen molar-refractivity contribution in [3.8, 4) is 0 Å². The number of hydrogen-bond acceptors (Lipinski definition) is 6. The number of alkyl halides is 3. The second-order valence-corrected chi connectivity index (χ2v) is 9.82. The van der Waals surface area contributed by atoms with Crippen LogP contribution in [0.1, 0.15) is 58.7 Å². The van der Waals surface area contributed by atoms with E-state index in [0.717, 1.165) is 11.6 Å². The van der Waals surface area contributed by atoms with Gasteiger partial charge in [-0.3, -0.25) is 9.59 Å². The fourth-order valence-electron chi connectivity index (χ4n) is 4.75. The Labute approximate surface area is 225 Å². The number of nitrogens with one attached hydrogen (secondary N) is 2. The molecule has 206 valence electrons. The molecule has 1 aromatic heterocycles. The van der Waals surface area contributed by atoms with E-state index in [9.17, 15) is 22.8 Å². The first-order valence-electron chi connectivity index (χ1n) is 12.8. The molecule has 3 aromatic rings. The Morgan fingerprint density at radius 1 is 1.08 bits per heavy atom. The lowest BCUT2D eigenvalue weighted by molar-refractivity contribution is -0.137. The maximum absolute atomic E-state index is 13.3. The maximum atomic E-state index is 13.3. The Bertz CT molecular complexity index is 1320. The number of amides is 1. The van der Waals surface area contributed by atoms with Crippen LogP contribution in [-0.2, 0) is 22.3 Å². The van der Waals surface area contributed by atoms with Gasteiger partial charge in [-0.25, -0.2) is 9.97 Å². The van der Waals surface area contributed by atoms with Gasteiger partial charge in [0.1, 0.15) is 5.82 Å². The van der Waals surface area contributed by atoms with Gasteiger partial charge in [0.15, 0.2) is 5.78 Å². The van der Waals surface area contributed by atoms with Gasteiger partial charge in [-0.05, 0) is 62.9 Å². The van der Waals surface area contributed by atoms with Crippen molar-refractivity contribution in [2.45, 2.75) is 52.3 Å². The quantitative estimate of drug-likeness (QED) is 0.310. The van der Waals surface area contributed by atoms with E-state index in [1.165, 1.54) is 18.2 Å². The Balaban J connectivity index is 1.32. The van der Waals surface area contributed by atoms with Gasteiger partial charge >= 0.3 is 6.18 Å². The third-order valence-electron chi connectivity index (χ3n) is 6.96. The topological polar surface area (TPSA) is 93.2 Å². The average molecular weight is 541 g/mol. The number of nitrogens with zero attached hydrogens (tertiary/aromatic N) is 2. The Morgan fingerprint density at radius 3 is 2.49 bits per heavy atom. The number of ketones is 1. The number of hydrogen-bond donors (Lipinski definition) is 2. The molecule has 1 atom stereocenters. The number of halogens is 3. The SMILES string of the molecule is Cc1ncc(C(=O)CCC[C@@]2(C(=O)NCc3ccc(Nc4ccccc4C(F)(F)F)cc3)CCOC2)c(C)n1. The van der Waals surface area contributed by atoms with Crippen LogP contribution in [0, 0.1) is 19.3 Å². The van der Waals surface area contributed by atoms with Gasteiger partial charge in [0, 0.05) is 31.5 Å². The van der Waals surface area contributed by atoms with Crippen LogP contribution in [0.5, 0.6) is 0 Å². The van der Waals surface area contributed by atoms with Crippen molar-refractivity contribution in [2.24, 2.45) is 5.41 Å². The lowest BCUT2D eigenvalue weighted by Gasteiger charge is -2.26. The van der Waals surface area contributed by atoms with Crippen LogP contribution in [0.4, 0.5) is 24.5 Å². The normalized spacial score (nSPS) is 17.2. The van der Waals surface area contributed by atoms with Gasteiger partial charge in [0.25, 0.3) is 0 Å². The molecule has 1 aliphatic heterocycles. The van der Waals surface area contributed by atoms with Crippen molar-refractivity contribution in [1.29, 1.82) is 0 Å². The molecule has 10 heteroatoms. The first-order chi connectivity index (χ1) is 18.6. The largest absolute Gasteiger partial charge is 0.418 e. The molecule has 1 fully saturated rings. The van der Waals surface area contributed by atoms with Crippen LogP contribution in [0.25, 0.3) is 0 Å². The van der Waals surface area contributed by atoms with E-state index in [0.29, 0.717) is 55.2 Å². The molecule has 1 saturated heterocycles. The molecule has 0 saturated carbocycles. The number of Topliss-reactive ketones (excluding diaryl/α,β-unsaturated/α-hetero) is 1. The van der Waals surface area contributed by atoms with Crippen LogP contribution < -0.4 is 10.6 Å². The summed E-state index contributed by atoms with van der Waals surface area (Å²) in [5.41, 5.74) is 0.976. The lowest BCUT2D eigenvalue weighted by Crippen LogP contribution is -2.41. The smallest absolute Gasteiger partial charge is 0.380 e. The average Bonchev–Trinajstić information content (AvgIpc) is 3.38. The number of anilines is 2. The molecule has 7 nitrogen and oxygen atoms in total. The second kappa shape index (κ2) is 11.9. The van der Waals surface area contributed by atoms with E-state index in [-0.39, 0.29) is 30.3 Å². The number of aromatic nitrogens is 2. The third kappa shape index (κ3) is 7.00. The zero-order valence-electron chi connectivity index (χ0n) is 21.9. The van der Waals surface area contributed by atoms with Crippen molar-refractivity contribution in [3.05, 3.63) is 82.9 Å². The van der Waals surface area contributed by atoms with Crippen molar-refractivity contribution < 1.29 is 27.5 Å². The molecule has 2 aromatic carbocycles. The maximum Gasteiger partial charge on any atom is 0.418 e. The van der Waals surface area contributed by atoms with Gasteiger partial charge in [-0.1, -0.05) is 24.3 Å². The monoisotopic (exact) mass is 540 g/mol. The summed E-state index contributed by atoms with van der Waals surface area (Å²) in [5, 5.41) is 5.78. The number of carbonyl (C=O) groups excluding carboxylic acids is 2. The minimum absolute atomic E-state index is 0.0298. The highest BCUT2D eigenvalue weighted by Gasteiger charge is 2.41. The highest BCUT2D eigenvalue weighted by atomic mass is 19.4. The zero-order valence-corrected chi connectivity index (χ0v) is 21.9. The summed E-state index contributed by atoms with van der Waals surface area (Å²) in [4.78, 5) is 34.2. The lowest BCUT2D eigenvalue weighted by atomic mass is 9.80. The van der Waals surface area contributed by atoms with Crippen molar-refractivity contribution >= 4 is 23.1 Å². The zero-order chi connectivity index (χ0) is 28.0. The summed E-state index contributed by atoms with van der Waals surface area (Å²) in [6.45, 7) is 4.59. The van der Waals surface area contributed by atoms with E-state index in [1.807, 2.05) is 0 Å². The summed E-state index contributed by atoms with van der Waals surface area (Å²) in [5.74, 6) is 0.428. The number of rotatable bonds is 10. The molecule has 0 aliphatic carbocycles. The molecule has 0 unspecified atom stereocenters. The first-order valence-corrected chi connectivity index (χ1v) is 12.8. The number of benzene rings is 2. The van der Waals surface area contributed by atoms with Crippen LogP contribution in [0.3, 0.4) is 0 Å². The molecule has 1 amide bonds. The van der Waals surface area contributed by atoms with Gasteiger partial charge in [0.05, 0.1) is 34.5 Å². The van der Waals surface area contributed by atoms with Crippen LogP contribution >= 0.6 is 0 Å². The Hall–Kier alpha value is -3.79. The molecule has 4 rings (SSSR count). The second-order valence-electron chi connectivity index (χ2n) is 9.82. The van der Waals surface area contributed by atoms with E-state index in [4.69, 9.17) is 4.74 Å². The number of ether oxygens (including phenoxy) is 1. The van der Waals surface area contributed by atoms with Crippen LogP contribution in [0.2, 0.25) is 0 Å². The molecule has 2 N–H and O–H groups in total. The van der Waals surface area contributed by atoms with Crippen molar-refractivity contribution in [2.75, 3.05) is 18.5 Å².